The molecule has 2 aromatic carbocycles. The van der Waals surface area contributed by atoms with Gasteiger partial charge in [-0.2, -0.15) is 0 Å². The lowest BCUT2D eigenvalue weighted by Gasteiger charge is -2.31. The Kier molecular flexibility index (Phi) is 3.87. The number of fused-ring (bicyclic) bond motifs is 1. The third-order valence-corrected chi connectivity index (χ3v) is 4.15. The number of hydrogen-bond acceptors (Lipinski definition) is 3. The van der Waals surface area contributed by atoms with E-state index in [0.29, 0.717) is 17.7 Å². The topological polar surface area (TPSA) is 44.5 Å². The first-order chi connectivity index (χ1) is 10.1. The van der Waals surface area contributed by atoms with Crippen molar-refractivity contribution in [3.63, 3.8) is 0 Å². The molecular weight excluding hydrogens is 337 g/mol. The summed E-state index contributed by atoms with van der Waals surface area (Å²) in [6, 6.07) is 10.1. The number of rotatable bonds is 2. The quantitative estimate of drug-likeness (QED) is 0.884. The first-order valence-corrected chi connectivity index (χ1v) is 7.43. The number of halogens is 2. The maximum atomic E-state index is 14.0. The largest absolute Gasteiger partial charge is 0.497 e. The molecule has 0 spiro atoms. The molecule has 0 amide bonds. The fourth-order valence-electron chi connectivity index (χ4n) is 2.56. The molecule has 0 saturated heterocycles. The summed E-state index contributed by atoms with van der Waals surface area (Å²) in [5, 5.41) is 0. The SMILES string of the molecule is COc1ccc2c(c1)[C@H](N)CC(c1cc(Br)ccc1F)O2. The van der Waals surface area contributed by atoms with Crippen LogP contribution in [0, 0.1) is 5.82 Å². The van der Waals surface area contributed by atoms with Crippen molar-refractivity contribution in [2.24, 2.45) is 5.73 Å². The molecule has 2 atom stereocenters. The number of benzene rings is 2. The molecule has 5 heteroatoms. The first kappa shape index (κ1) is 14.4. The molecule has 3 nitrogen and oxygen atoms in total. The minimum atomic E-state index is -0.390. The number of hydrogen-bond donors (Lipinski definition) is 1. The lowest BCUT2D eigenvalue weighted by molar-refractivity contribution is 0.157. The van der Waals surface area contributed by atoms with E-state index >= 15 is 0 Å². The molecule has 0 bridgehead atoms. The molecule has 1 aliphatic heterocycles. The van der Waals surface area contributed by atoms with E-state index in [2.05, 4.69) is 15.9 Å². The highest BCUT2D eigenvalue weighted by atomic mass is 79.9. The second-order valence-corrected chi connectivity index (χ2v) is 5.93. The minimum absolute atomic E-state index is 0.216. The van der Waals surface area contributed by atoms with Crippen LogP contribution >= 0.6 is 15.9 Å². The highest BCUT2D eigenvalue weighted by molar-refractivity contribution is 9.10. The van der Waals surface area contributed by atoms with Crippen LogP contribution in [0.25, 0.3) is 0 Å². The van der Waals surface area contributed by atoms with Crippen molar-refractivity contribution in [1.29, 1.82) is 0 Å². The van der Waals surface area contributed by atoms with Gasteiger partial charge in [0.05, 0.1) is 7.11 Å². The predicted molar refractivity (Wildman–Crippen MR) is 82.0 cm³/mol. The van der Waals surface area contributed by atoms with Crippen molar-refractivity contribution < 1.29 is 13.9 Å². The van der Waals surface area contributed by atoms with Crippen molar-refractivity contribution in [1.82, 2.24) is 0 Å². The summed E-state index contributed by atoms with van der Waals surface area (Å²) in [5.74, 6) is 1.13. The molecular formula is C16H15BrFNO2. The van der Waals surface area contributed by atoms with E-state index < -0.39 is 6.10 Å². The number of ether oxygens (including phenoxy) is 2. The zero-order valence-corrected chi connectivity index (χ0v) is 13.1. The highest BCUT2D eigenvalue weighted by Crippen LogP contribution is 2.42. The number of nitrogens with two attached hydrogens (primary N) is 1. The van der Waals surface area contributed by atoms with E-state index in [1.807, 2.05) is 18.2 Å². The summed E-state index contributed by atoms with van der Waals surface area (Å²) in [5.41, 5.74) is 7.62. The Morgan fingerprint density at radius 3 is 2.81 bits per heavy atom. The van der Waals surface area contributed by atoms with Gasteiger partial charge in [-0.05, 0) is 36.4 Å². The molecule has 1 aliphatic rings. The second-order valence-electron chi connectivity index (χ2n) is 5.02. The van der Waals surface area contributed by atoms with Crippen LogP contribution in [0.1, 0.15) is 29.7 Å². The monoisotopic (exact) mass is 351 g/mol. The van der Waals surface area contributed by atoms with Crippen molar-refractivity contribution in [3.8, 4) is 11.5 Å². The molecule has 0 aromatic heterocycles. The Bertz CT molecular complexity index is 677. The number of methoxy groups -OCH3 is 1. The smallest absolute Gasteiger partial charge is 0.130 e. The van der Waals surface area contributed by atoms with Crippen LogP contribution in [-0.4, -0.2) is 7.11 Å². The normalized spacial score (nSPS) is 20.6. The fourth-order valence-corrected chi connectivity index (χ4v) is 2.94. The molecule has 0 saturated carbocycles. The Morgan fingerprint density at radius 2 is 2.05 bits per heavy atom. The summed E-state index contributed by atoms with van der Waals surface area (Å²) in [4.78, 5) is 0. The summed E-state index contributed by atoms with van der Waals surface area (Å²) < 4.78 is 26.0. The second kappa shape index (κ2) is 5.66. The van der Waals surface area contributed by atoms with Crippen LogP contribution in [0.4, 0.5) is 4.39 Å². The molecule has 1 unspecified atom stereocenters. The van der Waals surface area contributed by atoms with Gasteiger partial charge in [0.25, 0.3) is 0 Å². The van der Waals surface area contributed by atoms with Crippen LogP contribution < -0.4 is 15.2 Å². The minimum Gasteiger partial charge on any atom is -0.497 e. The van der Waals surface area contributed by atoms with Crippen molar-refractivity contribution in [2.45, 2.75) is 18.6 Å². The molecule has 2 N–H and O–H groups in total. The summed E-state index contributed by atoms with van der Waals surface area (Å²) >= 11 is 3.36. The Morgan fingerprint density at radius 1 is 1.24 bits per heavy atom. The van der Waals surface area contributed by atoms with Crippen LogP contribution in [0.3, 0.4) is 0 Å². The first-order valence-electron chi connectivity index (χ1n) is 6.63. The molecule has 0 fully saturated rings. The summed E-state index contributed by atoms with van der Waals surface area (Å²) in [6.07, 6.45) is 0.131. The predicted octanol–water partition coefficient (Wildman–Crippen LogP) is 4.12. The van der Waals surface area contributed by atoms with Crippen molar-refractivity contribution in [3.05, 3.63) is 57.8 Å². The van der Waals surface area contributed by atoms with E-state index in [-0.39, 0.29) is 11.9 Å². The molecule has 1 heterocycles. The molecule has 3 rings (SSSR count). The van der Waals surface area contributed by atoms with E-state index in [9.17, 15) is 4.39 Å². The van der Waals surface area contributed by atoms with Gasteiger partial charge in [0.1, 0.15) is 23.4 Å². The van der Waals surface area contributed by atoms with Gasteiger partial charge in [0.2, 0.25) is 0 Å². The van der Waals surface area contributed by atoms with Gasteiger partial charge in [-0.15, -0.1) is 0 Å². The molecule has 0 radical (unpaired) electrons. The standard InChI is InChI=1S/C16H15BrFNO2/c1-20-10-3-5-15-12(7-10)14(19)8-16(21-15)11-6-9(17)2-4-13(11)18/h2-7,14,16H,8,19H2,1H3/t14-,16?/m1/s1. The average molecular weight is 352 g/mol. The van der Waals surface area contributed by atoms with E-state index in [1.165, 1.54) is 6.07 Å². The third-order valence-electron chi connectivity index (χ3n) is 3.66. The summed E-state index contributed by atoms with van der Waals surface area (Å²) in [6.45, 7) is 0. The van der Waals surface area contributed by atoms with Gasteiger partial charge in [0.15, 0.2) is 0 Å². The highest BCUT2D eigenvalue weighted by Gasteiger charge is 2.29. The van der Waals surface area contributed by atoms with Gasteiger partial charge in [0, 0.05) is 28.1 Å². The fraction of sp³-hybridized carbons (Fsp3) is 0.250. The average Bonchev–Trinajstić information content (AvgIpc) is 2.49. The van der Waals surface area contributed by atoms with Crippen LogP contribution in [0.2, 0.25) is 0 Å². The van der Waals surface area contributed by atoms with Crippen LogP contribution in [0.15, 0.2) is 40.9 Å². The molecule has 110 valence electrons. The van der Waals surface area contributed by atoms with Crippen molar-refractivity contribution >= 4 is 15.9 Å². The molecule has 2 aromatic rings. The lowest BCUT2D eigenvalue weighted by Crippen LogP contribution is -2.24. The van der Waals surface area contributed by atoms with Gasteiger partial charge >= 0.3 is 0 Å². The van der Waals surface area contributed by atoms with Crippen LogP contribution in [0.5, 0.6) is 11.5 Å². The third kappa shape index (κ3) is 2.76. The zero-order chi connectivity index (χ0) is 15.0. The van der Waals surface area contributed by atoms with Gasteiger partial charge in [-0.25, -0.2) is 4.39 Å². The molecule has 21 heavy (non-hydrogen) atoms. The maximum Gasteiger partial charge on any atom is 0.130 e. The Hall–Kier alpha value is -1.59. The van der Waals surface area contributed by atoms with E-state index in [4.69, 9.17) is 15.2 Å². The van der Waals surface area contributed by atoms with Gasteiger partial charge in [-0.1, -0.05) is 15.9 Å². The van der Waals surface area contributed by atoms with Gasteiger partial charge in [-0.3, -0.25) is 0 Å². The zero-order valence-electron chi connectivity index (χ0n) is 11.5. The Labute approximate surface area is 131 Å². The lowest BCUT2D eigenvalue weighted by atomic mass is 9.93. The van der Waals surface area contributed by atoms with Gasteiger partial charge < -0.3 is 15.2 Å². The van der Waals surface area contributed by atoms with Crippen molar-refractivity contribution in [2.75, 3.05) is 7.11 Å². The van der Waals surface area contributed by atoms with Crippen LogP contribution in [-0.2, 0) is 0 Å². The van der Waals surface area contributed by atoms with E-state index in [1.54, 1.807) is 19.2 Å². The Balaban J connectivity index is 1.96. The van der Waals surface area contributed by atoms with E-state index in [0.717, 1.165) is 15.8 Å². The molecule has 0 aliphatic carbocycles. The maximum absolute atomic E-state index is 14.0. The summed E-state index contributed by atoms with van der Waals surface area (Å²) in [7, 11) is 1.61.